The minimum absolute atomic E-state index is 1.04. The molecule has 0 N–H and O–H groups in total. The molecule has 0 aliphatic carbocycles. The van der Waals surface area contributed by atoms with Gasteiger partial charge in [0.05, 0.1) is 10.6 Å². The highest BCUT2D eigenvalue weighted by Gasteiger charge is 2.06. The minimum Gasteiger partial charge on any atom is -0.255 e. The second-order valence-electron chi connectivity index (χ2n) is 4.94. The van der Waals surface area contributed by atoms with Crippen molar-refractivity contribution in [1.82, 2.24) is 4.98 Å². The molecule has 2 heteroatoms. The fraction of sp³-hybridized carbons (Fsp3) is 0. The monoisotopic (exact) mass is 287 g/mol. The maximum absolute atomic E-state index is 4.44. The number of hydrogen-bond acceptors (Lipinski definition) is 2. The van der Waals surface area contributed by atoms with Crippen LogP contribution in [0.25, 0.3) is 31.8 Å². The average molecular weight is 287 g/mol. The van der Waals surface area contributed by atoms with Crippen LogP contribution in [0.4, 0.5) is 0 Å². The Morgan fingerprint density at radius 2 is 1.57 bits per heavy atom. The van der Waals surface area contributed by atoms with Crippen LogP contribution >= 0.6 is 11.3 Å². The molecule has 0 unspecified atom stereocenters. The van der Waals surface area contributed by atoms with Gasteiger partial charge in [-0.25, -0.2) is 0 Å². The Balaban J connectivity index is 1.82. The second kappa shape index (κ2) is 5.15. The van der Waals surface area contributed by atoms with E-state index in [9.17, 15) is 0 Å². The standard InChI is InChI=1S/C19H13NS/c1-2-6-14(7-3-1)15-9-10-18-16(12-15)13-19(21-18)17-8-4-5-11-20-17/h1-13H. The van der Waals surface area contributed by atoms with Crippen molar-refractivity contribution in [2.75, 3.05) is 0 Å². The Bertz CT molecular complexity index is 842. The molecular weight excluding hydrogens is 274 g/mol. The van der Waals surface area contributed by atoms with Gasteiger partial charge in [-0.15, -0.1) is 11.3 Å². The first-order chi connectivity index (χ1) is 10.4. The predicted molar refractivity (Wildman–Crippen MR) is 90.5 cm³/mol. The van der Waals surface area contributed by atoms with Crippen LogP contribution in [0.2, 0.25) is 0 Å². The molecule has 2 aromatic carbocycles. The quantitative estimate of drug-likeness (QED) is 0.465. The number of hydrogen-bond donors (Lipinski definition) is 0. The molecule has 0 aliphatic heterocycles. The van der Waals surface area contributed by atoms with E-state index in [0.29, 0.717) is 0 Å². The highest BCUT2D eigenvalue weighted by atomic mass is 32.1. The van der Waals surface area contributed by atoms with Gasteiger partial charge < -0.3 is 0 Å². The first-order valence-corrected chi connectivity index (χ1v) is 7.72. The fourth-order valence-electron chi connectivity index (χ4n) is 2.49. The normalized spacial score (nSPS) is 10.9. The van der Waals surface area contributed by atoms with Crippen LogP contribution in [0, 0.1) is 0 Å². The van der Waals surface area contributed by atoms with Crippen molar-refractivity contribution in [1.29, 1.82) is 0 Å². The molecule has 2 aromatic heterocycles. The van der Waals surface area contributed by atoms with Gasteiger partial charge in [0.2, 0.25) is 0 Å². The summed E-state index contributed by atoms with van der Waals surface area (Å²) in [4.78, 5) is 5.65. The molecule has 4 aromatic rings. The third kappa shape index (κ3) is 2.34. The maximum Gasteiger partial charge on any atom is 0.0802 e. The van der Waals surface area contributed by atoms with Crippen molar-refractivity contribution in [2.45, 2.75) is 0 Å². The van der Waals surface area contributed by atoms with Gasteiger partial charge in [0.25, 0.3) is 0 Å². The van der Waals surface area contributed by atoms with Crippen LogP contribution in [-0.2, 0) is 0 Å². The second-order valence-corrected chi connectivity index (χ2v) is 6.03. The van der Waals surface area contributed by atoms with E-state index in [-0.39, 0.29) is 0 Å². The molecule has 0 amide bonds. The zero-order chi connectivity index (χ0) is 14.1. The summed E-state index contributed by atoms with van der Waals surface area (Å²) in [6.07, 6.45) is 1.84. The van der Waals surface area contributed by atoms with Crippen molar-refractivity contribution < 1.29 is 0 Å². The number of nitrogens with zero attached hydrogens (tertiary/aromatic N) is 1. The maximum atomic E-state index is 4.44. The van der Waals surface area contributed by atoms with Gasteiger partial charge in [-0.3, -0.25) is 4.98 Å². The van der Waals surface area contributed by atoms with Gasteiger partial charge in [0.15, 0.2) is 0 Å². The van der Waals surface area contributed by atoms with E-state index in [4.69, 9.17) is 0 Å². The molecule has 4 rings (SSSR count). The summed E-state index contributed by atoms with van der Waals surface area (Å²) in [5.41, 5.74) is 3.55. The first kappa shape index (κ1) is 12.3. The van der Waals surface area contributed by atoms with Crippen molar-refractivity contribution >= 4 is 21.4 Å². The minimum atomic E-state index is 1.04. The van der Waals surface area contributed by atoms with Gasteiger partial charge in [-0.05, 0) is 46.8 Å². The van der Waals surface area contributed by atoms with E-state index < -0.39 is 0 Å². The van der Waals surface area contributed by atoms with Gasteiger partial charge >= 0.3 is 0 Å². The number of benzene rings is 2. The Morgan fingerprint density at radius 1 is 0.714 bits per heavy atom. The molecule has 0 fully saturated rings. The summed E-state index contributed by atoms with van der Waals surface area (Å²) < 4.78 is 1.30. The smallest absolute Gasteiger partial charge is 0.0802 e. The van der Waals surface area contributed by atoms with Crippen molar-refractivity contribution in [2.24, 2.45) is 0 Å². The van der Waals surface area contributed by atoms with E-state index in [1.165, 1.54) is 26.1 Å². The number of rotatable bonds is 2. The summed E-state index contributed by atoms with van der Waals surface area (Å²) in [6, 6.07) is 25.4. The Hall–Kier alpha value is -2.45. The zero-order valence-corrected chi connectivity index (χ0v) is 12.2. The molecule has 2 heterocycles. The highest BCUT2D eigenvalue weighted by molar-refractivity contribution is 7.22. The van der Waals surface area contributed by atoms with Crippen LogP contribution in [0.5, 0.6) is 0 Å². The zero-order valence-electron chi connectivity index (χ0n) is 11.4. The van der Waals surface area contributed by atoms with Gasteiger partial charge in [-0.2, -0.15) is 0 Å². The lowest BCUT2D eigenvalue weighted by Crippen LogP contribution is -1.76. The van der Waals surface area contributed by atoms with Crippen LogP contribution in [0.3, 0.4) is 0 Å². The van der Waals surface area contributed by atoms with Crippen LogP contribution in [-0.4, -0.2) is 4.98 Å². The molecule has 0 spiro atoms. The Morgan fingerprint density at radius 3 is 2.38 bits per heavy atom. The lowest BCUT2D eigenvalue weighted by atomic mass is 10.0. The molecule has 0 atom stereocenters. The topological polar surface area (TPSA) is 12.9 Å². The molecule has 0 bridgehead atoms. The number of thiophene rings is 1. The summed E-state index contributed by atoms with van der Waals surface area (Å²) in [5, 5.41) is 1.28. The summed E-state index contributed by atoms with van der Waals surface area (Å²) in [6.45, 7) is 0. The predicted octanol–water partition coefficient (Wildman–Crippen LogP) is 5.63. The van der Waals surface area contributed by atoms with Gasteiger partial charge in [0, 0.05) is 10.9 Å². The van der Waals surface area contributed by atoms with Gasteiger partial charge in [-0.1, -0.05) is 42.5 Å². The molecule has 100 valence electrons. The number of pyridine rings is 1. The van der Waals surface area contributed by atoms with E-state index >= 15 is 0 Å². The van der Waals surface area contributed by atoms with Crippen LogP contribution < -0.4 is 0 Å². The van der Waals surface area contributed by atoms with E-state index in [1.54, 1.807) is 11.3 Å². The summed E-state index contributed by atoms with van der Waals surface area (Å²) in [7, 11) is 0. The molecule has 0 radical (unpaired) electrons. The fourth-order valence-corrected chi connectivity index (χ4v) is 3.51. The molecule has 0 aliphatic rings. The third-order valence-electron chi connectivity index (χ3n) is 3.54. The largest absolute Gasteiger partial charge is 0.255 e. The van der Waals surface area contributed by atoms with E-state index in [0.717, 1.165) is 5.69 Å². The van der Waals surface area contributed by atoms with Crippen LogP contribution in [0.1, 0.15) is 0 Å². The molecular formula is C19H13NS. The highest BCUT2D eigenvalue weighted by Crippen LogP contribution is 2.34. The summed E-state index contributed by atoms with van der Waals surface area (Å²) >= 11 is 1.79. The van der Waals surface area contributed by atoms with Crippen molar-refractivity contribution in [3.63, 3.8) is 0 Å². The lowest BCUT2D eigenvalue weighted by molar-refractivity contribution is 1.34. The molecule has 21 heavy (non-hydrogen) atoms. The molecule has 0 saturated heterocycles. The molecule has 1 nitrogen and oxygen atoms in total. The van der Waals surface area contributed by atoms with Crippen LogP contribution in [0.15, 0.2) is 79.0 Å². The van der Waals surface area contributed by atoms with Crippen molar-refractivity contribution in [3.05, 3.63) is 79.0 Å². The average Bonchev–Trinajstić information content (AvgIpc) is 2.99. The first-order valence-electron chi connectivity index (χ1n) is 6.90. The third-order valence-corrected chi connectivity index (χ3v) is 4.68. The van der Waals surface area contributed by atoms with Crippen molar-refractivity contribution in [3.8, 4) is 21.7 Å². The summed E-state index contributed by atoms with van der Waals surface area (Å²) in [5.74, 6) is 0. The number of fused-ring (bicyclic) bond motifs is 1. The SMILES string of the molecule is c1ccc(-c2ccc3sc(-c4ccccn4)cc3c2)cc1. The van der Waals surface area contributed by atoms with E-state index in [2.05, 4.69) is 59.6 Å². The Kier molecular flexibility index (Phi) is 3.02. The van der Waals surface area contributed by atoms with Gasteiger partial charge in [0.1, 0.15) is 0 Å². The molecule has 0 saturated carbocycles. The van der Waals surface area contributed by atoms with E-state index in [1.807, 2.05) is 24.4 Å². The Labute approximate surface area is 127 Å². The number of aromatic nitrogens is 1. The lowest BCUT2D eigenvalue weighted by Gasteiger charge is -2.00.